The summed E-state index contributed by atoms with van der Waals surface area (Å²) in [5.74, 6) is -1.24. The summed E-state index contributed by atoms with van der Waals surface area (Å²) >= 11 is 0. The van der Waals surface area contributed by atoms with Gasteiger partial charge in [-0.1, -0.05) is 31.4 Å². The first kappa shape index (κ1) is 17.9. The Labute approximate surface area is 164 Å². The van der Waals surface area contributed by atoms with E-state index in [9.17, 15) is 14.7 Å². The van der Waals surface area contributed by atoms with E-state index in [1.54, 1.807) is 10.6 Å². The van der Waals surface area contributed by atoms with Gasteiger partial charge in [0.2, 0.25) is 5.69 Å². The maximum atomic E-state index is 13.0. The van der Waals surface area contributed by atoms with Gasteiger partial charge in [0.1, 0.15) is 0 Å². The van der Waals surface area contributed by atoms with Crippen LogP contribution in [-0.2, 0) is 0 Å². The number of nitrogens with zero attached hydrogens (tertiary/aromatic N) is 3. The monoisotopic (exact) mass is 381 g/mol. The van der Waals surface area contributed by atoms with Crippen LogP contribution in [0.3, 0.4) is 0 Å². The van der Waals surface area contributed by atoms with E-state index >= 15 is 0 Å². The molecule has 1 aliphatic carbocycles. The zero-order valence-electron chi connectivity index (χ0n) is 16.1. The lowest BCUT2D eigenvalue weighted by atomic mass is 9.88. The first-order chi connectivity index (χ1) is 13.6. The second-order valence-corrected chi connectivity index (χ2v) is 8.68. The summed E-state index contributed by atoms with van der Waals surface area (Å²) in [6.07, 6.45) is 10.9. The highest BCUT2D eigenvalue weighted by molar-refractivity contribution is 5.88. The molecule has 1 aromatic heterocycles. The molecule has 2 bridgehead atoms. The standard InChI is InChI=1S/C22H27N3O3/c26-21-20(22(27)28)23-18-8-4-5-9-19(18)25(21)17-12-15-10-11-16(13-17)24(15)14-6-2-1-3-7-14/h4-5,8-9,14-17H,1-3,6-7,10-13H2,(H,27,28)/t15-,16+,17?. The van der Waals surface area contributed by atoms with E-state index in [1.165, 1.54) is 44.9 Å². The Bertz CT molecular complexity index is 949. The Morgan fingerprint density at radius 3 is 2.29 bits per heavy atom. The molecule has 2 aromatic rings. The summed E-state index contributed by atoms with van der Waals surface area (Å²) in [7, 11) is 0. The first-order valence-corrected chi connectivity index (χ1v) is 10.7. The Morgan fingerprint density at radius 1 is 0.929 bits per heavy atom. The molecule has 1 unspecified atom stereocenters. The molecule has 0 amide bonds. The highest BCUT2D eigenvalue weighted by Crippen LogP contribution is 2.44. The molecule has 148 valence electrons. The lowest BCUT2D eigenvalue weighted by Crippen LogP contribution is -2.50. The smallest absolute Gasteiger partial charge is 0.360 e. The van der Waals surface area contributed by atoms with E-state index in [2.05, 4.69) is 9.88 Å². The molecule has 3 heterocycles. The second-order valence-electron chi connectivity index (χ2n) is 8.68. The fraction of sp³-hybridized carbons (Fsp3) is 0.591. The molecule has 0 radical (unpaired) electrons. The average Bonchev–Trinajstić information content (AvgIpc) is 2.98. The van der Waals surface area contributed by atoms with Crippen LogP contribution in [0.4, 0.5) is 0 Å². The molecule has 6 nitrogen and oxygen atoms in total. The molecular formula is C22H27N3O3. The lowest BCUT2D eigenvalue weighted by Gasteiger charge is -2.45. The summed E-state index contributed by atoms with van der Waals surface area (Å²) < 4.78 is 1.75. The third-order valence-electron chi connectivity index (χ3n) is 7.12. The Morgan fingerprint density at radius 2 is 1.61 bits per heavy atom. The second kappa shape index (κ2) is 6.99. The van der Waals surface area contributed by atoms with Crippen LogP contribution in [0.5, 0.6) is 0 Å². The minimum Gasteiger partial charge on any atom is -0.476 e. The number of hydrogen-bond donors (Lipinski definition) is 1. The number of para-hydroxylation sites is 2. The molecule has 2 saturated heterocycles. The molecule has 0 spiro atoms. The Kier molecular flexibility index (Phi) is 4.46. The highest BCUT2D eigenvalue weighted by atomic mass is 16.4. The van der Waals surface area contributed by atoms with Gasteiger partial charge in [0.15, 0.2) is 0 Å². The van der Waals surface area contributed by atoms with E-state index < -0.39 is 11.5 Å². The zero-order chi connectivity index (χ0) is 19.3. The minimum atomic E-state index is -1.24. The van der Waals surface area contributed by atoms with E-state index in [0.29, 0.717) is 23.6 Å². The minimum absolute atomic E-state index is 0.0517. The van der Waals surface area contributed by atoms with Crippen molar-refractivity contribution in [3.63, 3.8) is 0 Å². The molecule has 6 heteroatoms. The fourth-order valence-electron chi connectivity index (χ4n) is 6.03. The van der Waals surface area contributed by atoms with Crippen molar-refractivity contribution >= 4 is 17.0 Å². The van der Waals surface area contributed by atoms with E-state index in [4.69, 9.17) is 0 Å². The predicted molar refractivity (Wildman–Crippen MR) is 107 cm³/mol. The number of fused-ring (bicyclic) bond motifs is 3. The van der Waals surface area contributed by atoms with Crippen molar-refractivity contribution in [2.45, 2.75) is 82.0 Å². The first-order valence-electron chi connectivity index (χ1n) is 10.7. The fourth-order valence-corrected chi connectivity index (χ4v) is 6.03. The molecule has 1 saturated carbocycles. The quantitative estimate of drug-likeness (QED) is 0.879. The van der Waals surface area contributed by atoms with Crippen molar-refractivity contribution in [2.75, 3.05) is 0 Å². The SMILES string of the molecule is O=C(O)c1nc2ccccc2n(C2C[C@H]3CC[C@@H](C2)N3C2CCCCC2)c1=O. The number of hydrogen-bond acceptors (Lipinski definition) is 4. The molecule has 2 aliphatic heterocycles. The molecule has 1 N–H and O–H groups in total. The van der Waals surface area contributed by atoms with E-state index in [1.807, 2.05) is 18.2 Å². The van der Waals surface area contributed by atoms with E-state index in [0.717, 1.165) is 18.4 Å². The number of carboxylic acid groups (broad SMARTS) is 1. The van der Waals surface area contributed by atoms with Gasteiger partial charge < -0.3 is 9.67 Å². The average molecular weight is 381 g/mol. The summed E-state index contributed by atoms with van der Waals surface area (Å²) in [5.41, 5.74) is 0.525. The third-order valence-corrected chi connectivity index (χ3v) is 7.12. The lowest BCUT2D eigenvalue weighted by molar-refractivity contribution is 0.0448. The van der Waals surface area contributed by atoms with Crippen molar-refractivity contribution in [3.05, 3.63) is 40.3 Å². The largest absolute Gasteiger partial charge is 0.476 e. The van der Waals surface area contributed by atoms with Gasteiger partial charge in [0.05, 0.1) is 11.0 Å². The number of aromatic carboxylic acids is 1. The van der Waals surface area contributed by atoms with Crippen molar-refractivity contribution < 1.29 is 9.90 Å². The van der Waals surface area contributed by atoms with Crippen LogP contribution in [0.15, 0.2) is 29.1 Å². The third kappa shape index (κ3) is 2.85. The Hall–Kier alpha value is -2.21. The van der Waals surface area contributed by atoms with Crippen LogP contribution >= 0.6 is 0 Å². The van der Waals surface area contributed by atoms with Crippen molar-refractivity contribution in [2.24, 2.45) is 0 Å². The van der Waals surface area contributed by atoms with Gasteiger partial charge in [0.25, 0.3) is 5.56 Å². The van der Waals surface area contributed by atoms with Crippen LogP contribution < -0.4 is 5.56 Å². The maximum absolute atomic E-state index is 13.0. The van der Waals surface area contributed by atoms with Gasteiger partial charge in [-0.05, 0) is 50.7 Å². The molecule has 3 aliphatic rings. The van der Waals surface area contributed by atoms with Crippen LogP contribution in [0, 0.1) is 0 Å². The van der Waals surface area contributed by atoms with Gasteiger partial charge in [-0.3, -0.25) is 9.69 Å². The summed E-state index contributed by atoms with van der Waals surface area (Å²) in [5, 5.41) is 9.49. The number of aromatic nitrogens is 2. The van der Waals surface area contributed by atoms with Crippen LogP contribution in [0.25, 0.3) is 11.0 Å². The number of rotatable bonds is 3. The molecule has 3 atom stereocenters. The summed E-state index contributed by atoms with van der Waals surface area (Å²) in [4.78, 5) is 31.6. The van der Waals surface area contributed by atoms with Gasteiger partial charge in [-0.15, -0.1) is 0 Å². The van der Waals surface area contributed by atoms with Crippen molar-refractivity contribution in [3.8, 4) is 0 Å². The van der Waals surface area contributed by atoms with Gasteiger partial charge in [-0.2, -0.15) is 0 Å². The number of carbonyl (C=O) groups is 1. The number of carboxylic acids is 1. The van der Waals surface area contributed by atoms with E-state index in [-0.39, 0.29) is 11.7 Å². The van der Waals surface area contributed by atoms with Gasteiger partial charge in [-0.25, -0.2) is 9.78 Å². The summed E-state index contributed by atoms with van der Waals surface area (Å²) in [6, 6.07) is 9.20. The van der Waals surface area contributed by atoms with Gasteiger partial charge >= 0.3 is 5.97 Å². The topological polar surface area (TPSA) is 75.4 Å². The normalized spacial score (nSPS) is 28.6. The Balaban J connectivity index is 1.53. The van der Waals surface area contributed by atoms with Crippen LogP contribution in [0.1, 0.15) is 74.3 Å². The molecular weight excluding hydrogens is 354 g/mol. The van der Waals surface area contributed by atoms with Crippen LogP contribution in [-0.4, -0.2) is 43.7 Å². The number of benzene rings is 1. The van der Waals surface area contributed by atoms with Crippen molar-refractivity contribution in [1.82, 2.24) is 14.5 Å². The molecule has 1 aromatic carbocycles. The van der Waals surface area contributed by atoms with Gasteiger partial charge in [0, 0.05) is 24.2 Å². The molecule has 5 rings (SSSR count). The molecule has 28 heavy (non-hydrogen) atoms. The molecule has 3 fully saturated rings. The maximum Gasteiger partial charge on any atom is 0.360 e. The number of piperidine rings is 1. The zero-order valence-corrected chi connectivity index (χ0v) is 16.1. The predicted octanol–water partition coefficient (Wildman–Crippen LogP) is 3.60. The summed E-state index contributed by atoms with van der Waals surface area (Å²) in [6.45, 7) is 0. The van der Waals surface area contributed by atoms with Crippen molar-refractivity contribution in [1.29, 1.82) is 0 Å². The highest BCUT2D eigenvalue weighted by Gasteiger charge is 2.45. The van der Waals surface area contributed by atoms with Crippen LogP contribution in [0.2, 0.25) is 0 Å².